The van der Waals surface area contributed by atoms with Crippen molar-refractivity contribution in [2.45, 2.75) is 32.3 Å². The number of nitrogens with zero attached hydrogens (tertiary/aromatic N) is 3. The summed E-state index contributed by atoms with van der Waals surface area (Å²) in [5.41, 5.74) is 0.134. The lowest BCUT2D eigenvalue weighted by atomic mass is 9.74. The van der Waals surface area contributed by atoms with Gasteiger partial charge in [-0.1, -0.05) is 0 Å². The maximum absolute atomic E-state index is 12.5. The second-order valence-electron chi connectivity index (χ2n) is 5.91. The van der Waals surface area contributed by atoms with Crippen molar-refractivity contribution in [3.8, 4) is 0 Å². The second kappa shape index (κ2) is 7.17. The van der Waals surface area contributed by atoms with Crippen molar-refractivity contribution in [2.75, 3.05) is 33.4 Å². The number of amides is 1. The zero-order valence-electron chi connectivity index (χ0n) is 13.1. The number of aliphatic hydroxyl groups excluding tert-OH is 2. The highest BCUT2D eigenvalue weighted by Crippen LogP contribution is 2.35. The van der Waals surface area contributed by atoms with Crippen molar-refractivity contribution in [3.05, 3.63) is 11.4 Å². The van der Waals surface area contributed by atoms with Crippen LogP contribution in [0.4, 0.5) is 0 Å². The Hall–Kier alpha value is -1.51. The van der Waals surface area contributed by atoms with Crippen LogP contribution in [0.2, 0.25) is 0 Å². The summed E-state index contributed by atoms with van der Waals surface area (Å²) in [6.45, 7) is 2.86. The van der Waals surface area contributed by atoms with Gasteiger partial charge in [0.25, 0.3) is 5.91 Å². The molecule has 0 saturated carbocycles. The molecule has 2 rings (SSSR count). The van der Waals surface area contributed by atoms with Gasteiger partial charge in [-0.3, -0.25) is 4.79 Å². The number of carbonyl (C=O) groups is 1. The number of hydrogen-bond acceptors (Lipinski definition) is 6. The number of ether oxygens (including phenoxy) is 1. The molecule has 22 heavy (non-hydrogen) atoms. The second-order valence-corrected chi connectivity index (χ2v) is 5.91. The number of carbonyl (C=O) groups excluding carboxylic acids is 1. The Morgan fingerprint density at radius 3 is 2.91 bits per heavy atom. The third kappa shape index (κ3) is 3.29. The minimum absolute atomic E-state index is 0.167. The van der Waals surface area contributed by atoms with Gasteiger partial charge in [0.15, 0.2) is 5.69 Å². The number of H-pyrrole nitrogens is 1. The van der Waals surface area contributed by atoms with E-state index in [1.54, 1.807) is 18.9 Å². The molecule has 1 aromatic heterocycles. The molecule has 0 radical (unpaired) electrons. The van der Waals surface area contributed by atoms with E-state index in [1.165, 1.54) is 0 Å². The number of aliphatic hydroxyl groups is 2. The average molecular weight is 312 g/mol. The third-order valence-corrected chi connectivity index (χ3v) is 4.44. The van der Waals surface area contributed by atoms with E-state index in [0.717, 1.165) is 6.42 Å². The first-order valence-corrected chi connectivity index (χ1v) is 7.48. The predicted octanol–water partition coefficient (Wildman–Crippen LogP) is -0.275. The molecule has 1 aliphatic heterocycles. The number of rotatable bonds is 6. The summed E-state index contributed by atoms with van der Waals surface area (Å²) in [5.74, 6) is -0.220. The van der Waals surface area contributed by atoms with Crippen LogP contribution < -0.4 is 0 Å². The van der Waals surface area contributed by atoms with Gasteiger partial charge in [-0.05, 0) is 26.2 Å². The molecule has 0 unspecified atom stereocenters. The Morgan fingerprint density at radius 1 is 1.55 bits per heavy atom. The molecular formula is C14H24N4O4. The normalized spacial score (nSPS) is 25.5. The van der Waals surface area contributed by atoms with Crippen LogP contribution in [0.15, 0.2) is 0 Å². The molecule has 1 aromatic rings. The number of aromatic nitrogens is 3. The number of methoxy groups -OCH3 is 1. The maximum Gasteiger partial charge on any atom is 0.276 e. The fraction of sp³-hybridized carbons (Fsp3) is 0.786. The minimum Gasteiger partial charge on any atom is -0.396 e. The lowest BCUT2D eigenvalue weighted by molar-refractivity contribution is -0.0746. The molecule has 8 nitrogen and oxygen atoms in total. The highest BCUT2D eigenvalue weighted by molar-refractivity contribution is 5.93. The summed E-state index contributed by atoms with van der Waals surface area (Å²) >= 11 is 0. The third-order valence-electron chi connectivity index (χ3n) is 4.44. The van der Waals surface area contributed by atoms with E-state index in [0.29, 0.717) is 43.9 Å². The minimum atomic E-state index is -0.704. The Labute approximate surface area is 129 Å². The molecule has 0 bridgehead atoms. The number of aryl methyl sites for hydroxylation is 1. The van der Waals surface area contributed by atoms with Crippen LogP contribution in [-0.4, -0.2) is 75.9 Å². The molecule has 2 atom stereocenters. The van der Waals surface area contributed by atoms with E-state index in [4.69, 9.17) is 4.74 Å². The van der Waals surface area contributed by atoms with Gasteiger partial charge in [0.1, 0.15) is 0 Å². The van der Waals surface area contributed by atoms with E-state index in [2.05, 4.69) is 15.4 Å². The maximum atomic E-state index is 12.5. The molecule has 124 valence electrons. The van der Waals surface area contributed by atoms with Crippen LogP contribution in [0.25, 0.3) is 0 Å². The summed E-state index contributed by atoms with van der Waals surface area (Å²) in [7, 11) is 1.62. The molecule has 1 aliphatic rings. The first kappa shape index (κ1) is 16.9. The van der Waals surface area contributed by atoms with Crippen molar-refractivity contribution in [2.24, 2.45) is 5.41 Å². The lowest BCUT2D eigenvalue weighted by Gasteiger charge is -2.45. The van der Waals surface area contributed by atoms with Crippen LogP contribution in [0.5, 0.6) is 0 Å². The molecule has 1 amide bonds. The number of likely N-dealkylation sites (tertiary alicyclic amines) is 1. The summed E-state index contributed by atoms with van der Waals surface area (Å²) in [4.78, 5) is 14.2. The zero-order chi connectivity index (χ0) is 16.2. The molecule has 0 aliphatic carbocycles. The van der Waals surface area contributed by atoms with E-state index in [-0.39, 0.29) is 12.5 Å². The van der Waals surface area contributed by atoms with Gasteiger partial charge in [-0.2, -0.15) is 15.4 Å². The van der Waals surface area contributed by atoms with Gasteiger partial charge in [0, 0.05) is 32.2 Å². The molecule has 1 fully saturated rings. The van der Waals surface area contributed by atoms with Crippen LogP contribution in [0.1, 0.15) is 35.4 Å². The number of aromatic amines is 1. The SMILES string of the molecule is COCCC[C@@]1(CO)CN(C(=O)c2n[nH]nc2C)CC[C@H]1O. The Kier molecular flexibility index (Phi) is 5.49. The Morgan fingerprint density at radius 2 is 2.32 bits per heavy atom. The fourth-order valence-electron chi connectivity index (χ4n) is 3.01. The quantitative estimate of drug-likeness (QED) is 0.623. The molecule has 8 heteroatoms. The number of nitrogens with one attached hydrogen (secondary N) is 1. The first-order chi connectivity index (χ1) is 10.5. The topological polar surface area (TPSA) is 112 Å². The molecule has 0 aromatic carbocycles. The van der Waals surface area contributed by atoms with Crippen LogP contribution in [0.3, 0.4) is 0 Å². The summed E-state index contributed by atoms with van der Waals surface area (Å²) in [6, 6.07) is 0. The standard InChI is InChI=1S/C14H24N4O4/c1-10-12(16-17-15-10)13(21)18-6-4-11(20)14(8-18,9-19)5-3-7-22-2/h11,19-20H,3-9H2,1-2H3,(H,15,16,17)/t11-,14+/m1/s1. The van der Waals surface area contributed by atoms with Gasteiger partial charge in [-0.25, -0.2) is 0 Å². The smallest absolute Gasteiger partial charge is 0.276 e. The number of hydrogen-bond donors (Lipinski definition) is 3. The summed E-state index contributed by atoms with van der Waals surface area (Å²) < 4.78 is 5.04. The molecule has 1 saturated heterocycles. The van der Waals surface area contributed by atoms with Crippen molar-refractivity contribution >= 4 is 5.91 Å². The van der Waals surface area contributed by atoms with Crippen molar-refractivity contribution < 1.29 is 19.7 Å². The van der Waals surface area contributed by atoms with E-state index >= 15 is 0 Å². The van der Waals surface area contributed by atoms with Crippen LogP contribution in [-0.2, 0) is 4.74 Å². The lowest BCUT2D eigenvalue weighted by Crippen LogP contribution is -2.55. The van der Waals surface area contributed by atoms with Crippen LogP contribution in [0, 0.1) is 12.3 Å². The van der Waals surface area contributed by atoms with Crippen molar-refractivity contribution in [1.82, 2.24) is 20.3 Å². The Balaban J connectivity index is 2.12. The fourth-order valence-corrected chi connectivity index (χ4v) is 3.01. The van der Waals surface area contributed by atoms with Gasteiger partial charge < -0.3 is 19.8 Å². The van der Waals surface area contributed by atoms with E-state index < -0.39 is 11.5 Å². The molecular weight excluding hydrogens is 288 g/mol. The van der Waals surface area contributed by atoms with Gasteiger partial charge in [-0.15, -0.1) is 0 Å². The zero-order valence-corrected chi connectivity index (χ0v) is 13.1. The van der Waals surface area contributed by atoms with Gasteiger partial charge >= 0.3 is 0 Å². The monoisotopic (exact) mass is 312 g/mol. The van der Waals surface area contributed by atoms with Gasteiger partial charge in [0.2, 0.25) is 0 Å². The summed E-state index contributed by atoms with van der Waals surface area (Å²) in [5, 5.41) is 30.3. The highest BCUT2D eigenvalue weighted by atomic mass is 16.5. The van der Waals surface area contributed by atoms with E-state index in [9.17, 15) is 15.0 Å². The first-order valence-electron chi connectivity index (χ1n) is 7.48. The van der Waals surface area contributed by atoms with Crippen LogP contribution >= 0.6 is 0 Å². The molecule has 0 spiro atoms. The largest absolute Gasteiger partial charge is 0.396 e. The van der Waals surface area contributed by atoms with E-state index in [1.807, 2.05) is 0 Å². The van der Waals surface area contributed by atoms with Gasteiger partial charge in [0.05, 0.1) is 18.4 Å². The number of piperidine rings is 1. The van der Waals surface area contributed by atoms with Crippen molar-refractivity contribution in [1.29, 1.82) is 0 Å². The molecule has 3 N–H and O–H groups in total. The Bertz CT molecular complexity index is 507. The highest BCUT2D eigenvalue weighted by Gasteiger charge is 2.43. The average Bonchev–Trinajstić information content (AvgIpc) is 2.95. The predicted molar refractivity (Wildman–Crippen MR) is 78.3 cm³/mol. The van der Waals surface area contributed by atoms with Crippen molar-refractivity contribution in [3.63, 3.8) is 0 Å². The molecule has 2 heterocycles. The summed E-state index contributed by atoms with van der Waals surface area (Å²) in [6.07, 6.45) is 1.13.